The number of rotatable bonds is 3. The molecule has 1 aromatic heterocycles. The molecule has 0 bridgehead atoms. The molecule has 2 aliphatic heterocycles. The van der Waals surface area contributed by atoms with Crippen LogP contribution in [0.4, 0.5) is 10.1 Å². The highest BCUT2D eigenvalue weighted by Crippen LogP contribution is 2.32. The highest BCUT2D eigenvalue weighted by Gasteiger charge is 2.29. The summed E-state index contributed by atoms with van der Waals surface area (Å²) in [5.74, 6) is 0.154. The predicted molar refractivity (Wildman–Crippen MR) is 104 cm³/mol. The molecule has 1 atom stereocenters. The molecule has 3 heterocycles. The third-order valence-electron chi connectivity index (χ3n) is 4.97. The Kier molecular flexibility index (Phi) is 4.35. The number of benzene rings is 2. The van der Waals surface area contributed by atoms with Gasteiger partial charge in [0.15, 0.2) is 17.3 Å². The van der Waals surface area contributed by atoms with E-state index in [0.29, 0.717) is 36.9 Å². The fraction of sp³-hybridized carbons (Fsp3) is 0.190. The van der Waals surface area contributed by atoms with E-state index in [9.17, 15) is 14.0 Å². The fourth-order valence-electron chi connectivity index (χ4n) is 3.51. The lowest BCUT2D eigenvalue weighted by atomic mass is 10.1. The van der Waals surface area contributed by atoms with Crippen molar-refractivity contribution in [2.24, 2.45) is 0 Å². The van der Waals surface area contributed by atoms with Crippen molar-refractivity contribution in [1.82, 2.24) is 14.9 Å². The standard InChI is InChI=1S/C21H17FN4O4/c22-13-3-1-12(2-4-13)15-10-26-11-16(24-19(26)21(28)25-15)20(27)23-14-5-6-17-18(9-14)30-8-7-29-17/h1-6,9,11,15H,7-8,10H2,(H,23,27)(H,25,28). The van der Waals surface area contributed by atoms with Crippen LogP contribution in [0.2, 0.25) is 0 Å². The van der Waals surface area contributed by atoms with Crippen LogP contribution in [-0.4, -0.2) is 34.6 Å². The molecule has 2 N–H and O–H groups in total. The molecule has 5 rings (SSSR count). The molecule has 0 saturated carbocycles. The van der Waals surface area contributed by atoms with Gasteiger partial charge in [-0.05, 0) is 29.8 Å². The molecule has 3 aromatic rings. The highest BCUT2D eigenvalue weighted by atomic mass is 19.1. The summed E-state index contributed by atoms with van der Waals surface area (Å²) in [7, 11) is 0. The van der Waals surface area contributed by atoms with Crippen molar-refractivity contribution in [3.63, 3.8) is 0 Å². The first-order chi connectivity index (χ1) is 14.6. The summed E-state index contributed by atoms with van der Waals surface area (Å²) >= 11 is 0. The molecule has 1 unspecified atom stereocenters. The number of fused-ring (bicyclic) bond motifs is 2. The summed E-state index contributed by atoms with van der Waals surface area (Å²) in [4.78, 5) is 29.3. The van der Waals surface area contributed by atoms with Crippen molar-refractivity contribution in [2.75, 3.05) is 18.5 Å². The lowest BCUT2D eigenvalue weighted by Crippen LogP contribution is -2.38. The number of nitrogens with zero attached hydrogens (tertiary/aromatic N) is 2. The average Bonchev–Trinajstić information content (AvgIpc) is 3.19. The summed E-state index contributed by atoms with van der Waals surface area (Å²) in [5.41, 5.74) is 1.42. The largest absolute Gasteiger partial charge is 0.486 e. The molecule has 0 radical (unpaired) electrons. The van der Waals surface area contributed by atoms with Gasteiger partial charge in [0.1, 0.15) is 24.7 Å². The molecule has 0 saturated heterocycles. The number of amides is 2. The molecule has 2 aliphatic rings. The normalized spacial score (nSPS) is 17.1. The van der Waals surface area contributed by atoms with Gasteiger partial charge in [-0.15, -0.1) is 0 Å². The zero-order valence-corrected chi connectivity index (χ0v) is 15.7. The van der Waals surface area contributed by atoms with Crippen LogP contribution in [0.25, 0.3) is 0 Å². The van der Waals surface area contributed by atoms with E-state index < -0.39 is 11.8 Å². The topological polar surface area (TPSA) is 94.5 Å². The van der Waals surface area contributed by atoms with Crippen LogP contribution >= 0.6 is 0 Å². The second-order valence-corrected chi connectivity index (χ2v) is 6.99. The third kappa shape index (κ3) is 3.34. The zero-order valence-electron chi connectivity index (χ0n) is 15.7. The van der Waals surface area contributed by atoms with Gasteiger partial charge in [0.25, 0.3) is 11.8 Å². The lowest BCUT2D eigenvalue weighted by molar-refractivity contribution is 0.0894. The number of anilines is 1. The van der Waals surface area contributed by atoms with Crippen molar-refractivity contribution >= 4 is 17.5 Å². The van der Waals surface area contributed by atoms with Crippen molar-refractivity contribution in [2.45, 2.75) is 12.6 Å². The summed E-state index contributed by atoms with van der Waals surface area (Å²) in [6.45, 7) is 1.32. The third-order valence-corrected chi connectivity index (χ3v) is 4.97. The van der Waals surface area contributed by atoms with Crippen LogP contribution in [0.3, 0.4) is 0 Å². The van der Waals surface area contributed by atoms with Gasteiger partial charge in [-0.1, -0.05) is 12.1 Å². The van der Waals surface area contributed by atoms with Crippen LogP contribution < -0.4 is 20.1 Å². The minimum Gasteiger partial charge on any atom is -0.486 e. The van der Waals surface area contributed by atoms with E-state index in [4.69, 9.17) is 9.47 Å². The zero-order chi connectivity index (χ0) is 20.7. The number of ether oxygens (including phenoxy) is 2. The Bertz CT molecular complexity index is 1140. The van der Waals surface area contributed by atoms with Gasteiger partial charge in [0, 0.05) is 24.5 Å². The Morgan fingerprint density at radius 3 is 2.70 bits per heavy atom. The van der Waals surface area contributed by atoms with E-state index in [1.807, 2.05) is 0 Å². The number of halogens is 1. The number of hydrogen-bond acceptors (Lipinski definition) is 5. The number of carbonyl (C=O) groups is 2. The first-order valence-electron chi connectivity index (χ1n) is 9.41. The maximum absolute atomic E-state index is 13.2. The quantitative estimate of drug-likeness (QED) is 0.695. The number of aromatic nitrogens is 2. The summed E-state index contributed by atoms with van der Waals surface area (Å²) in [5, 5.41) is 5.60. The molecule has 2 amide bonds. The molecular formula is C21H17FN4O4. The Labute approximate surface area is 170 Å². The molecule has 9 heteroatoms. The van der Waals surface area contributed by atoms with E-state index >= 15 is 0 Å². The minimum absolute atomic E-state index is 0.120. The summed E-state index contributed by atoms with van der Waals surface area (Å²) < 4.78 is 25.8. The van der Waals surface area contributed by atoms with E-state index in [0.717, 1.165) is 5.56 Å². The van der Waals surface area contributed by atoms with E-state index in [-0.39, 0.29) is 23.4 Å². The number of hydrogen-bond donors (Lipinski definition) is 2. The first-order valence-corrected chi connectivity index (χ1v) is 9.41. The van der Waals surface area contributed by atoms with Crippen LogP contribution in [-0.2, 0) is 6.54 Å². The van der Waals surface area contributed by atoms with Crippen molar-refractivity contribution in [3.05, 3.63) is 71.6 Å². The van der Waals surface area contributed by atoms with Crippen LogP contribution in [0.15, 0.2) is 48.7 Å². The van der Waals surface area contributed by atoms with Crippen molar-refractivity contribution in [3.8, 4) is 11.5 Å². The highest BCUT2D eigenvalue weighted by molar-refractivity contribution is 6.04. The van der Waals surface area contributed by atoms with Gasteiger partial charge in [-0.3, -0.25) is 9.59 Å². The van der Waals surface area contributed by atoms with Gasteiger partial charge < -0.3 is 24.7 Å². The van der Waals surface area contributed by atoms with Crippen LogP contribution in [0.5, 0.6) is 11.5 Å². The van der Waals surface area contributed by atoms with Gasteiger partial charge in [-0.25, -0.2) is 9.37 Å². The molecule has 0 spiro atoms. The summed E-state index contributed by atoms with van der Waals surface area (Å²) in [6.07, 6.45) is 1.54. The Balaban J connectivity index is 1.35. The Morgan fingerprint density at radius 1 is 1.13 bits per heavy atom. The van der Waals surface area contributed by atoms with E-state index in [1.165, 1.54) is 18.3 Å². The van der Waals surface area contributed by atoms with Crippen LogP contribution in [0, 0.1) is 5.82 Å². The van der Waals surface area contributed by atoms with Gasteiger partial charge in [0.2, 0.25) is 0 Å². The van der Waals surface area contributed by atoms with Gasteiger partial charge in [-0.2, -0.15) is 0 Å². The summed E-state index contributed by atoms with van der Waals surface area (Å²) in [6, 6.07) is 10.7. The van der Waals surface area contributed by atoms with Crippen molar-refractivity contribution < 1.29 is 23.5 Å². The Morgan fingerprint density at radius 2 is 1.90 bits per heavy atom. The van der Waals surface area contributed by atoms with Gasteiger partial charge in [0.05, 0.1) is 6.04 Å². The fourth-order valence-corrected chi connectivity index (χ4v) is 3.51. The number of imidazole rings is 1. The molecule has 8 nitrogen and oxygen atoms in total. The smallest absolute Gasteiger partial charge is 0.287 e. The van der Waals surface area contributed by atoms with Crippen molar-refractivity contribution in [1.29, 1.82) is 0 Å². The lowest BCUT2D eigenvalue weighted by Gasteiger charge is -2.25. The first kappa shape index (κ1) is 18.2. The minimum atomic E-state index is -0.445. The maximum atomic E-state index is 13.2. The van der Waals surface area contributed by atoms with E-state index in [1.54, 1.807) is 34.9 Å². The maximum Gasteiger partial charge on any atom is 0.287 e. The van der Waals surface area contributed by atoms with Crippen LogP contribution in [0.1, 0.15) is 32.7 Å². The second-order valence-electron chi connectivity index (χ2n) is 6.99. The van der Waals surface area contributed by atoms with E-state index in [2.05, 4.69) is 15.6 Å². The predicted octanol–water partition coefficient (Wildman–Crippen LogP) is 2.53. The monoisotopic (exact) mass is 408 g/mol. The molecular weight excluding hydrogens is 391 g/mol. The average molecular weight is 408 g/mol. The molecule has 30 heavy (non-hydrogen) atoms. The molecule has 0 aliphatic carbocycles. The SMILES string of the molecule is O=C(Nc1ccc2c(c1)OCCO2)c1cn2c(n1)C(=O)NC(c1ccc(F)cc1)C2. The second kappa shape index (κ2) is 7.18. The Hall–Kier alpha value is -3.88. The number of carbonyl (C=O) groups excluding carboxylic acids is 2. The molecule has 2 aromatic carbocycles. The van der Waals surface area contributed by atoms with Gasteiger partial charge >= 0.3 is 0 Å². The molecule has 152 valence electrons. The molecule has 0 fully saturated rings. The number of nitrogens with one attached hydrogen (secondary N) is 2.